The third kappa shape index (κ3) is 4.23. The number of hydrogen-bond donors (Lipinski definition) is 2. The molecule has 1 aliphatic rings. The molecule has 1 aliphatic carbocycles. The lowest BCUT2D eigenvalue weighted by Crippen LogP contribution is -2.53. The number of ether oxygens (including phenoxy) is 1. The van der Waals surface area contributed by atoms with E-state index in [1.165, 1.54) is 12.8 Å². The van der Waals surface area contributed by atoms with Gasteiger partial charge in [0, 0.05) is 6.54 Å². The van der Waals surface area contributed by atoms with Crippen LogP contribution in [-0.4, -0.2) is 18.2 Å². The van der Waals surface area contributed by atoms with Crippen LogP contribution in [-0.2, 0) is 11.3 Å². The molecular formula is C16H24N2O2. The van der Waals surface area contributed by atoms with Crippen molar-refractivity contribution in [2.24, 2.45) is 5.73 Å². The van der Waals surface area contributed by atoms with Crippen LogP contribution in [0.1, 0.15) is 44.1 Å². The van der Waals surface area contributed by atoms with Gasteiger partial charge in [-0.05, 0) is 18.4 Å². The Hall–Kier alpha value is -1.55. The number of carbonyl (C=O) groups excluding carboxylic acids is 1. The Bertz CT molecular complexity index is 412. The van der Waals surface area contributed by atoms with Crippen molar-refractivity contribution in [1.29, 1.82) is 0 Å². The first-order valence-electron chi connectivity index (χ1n) is 7.43. The average molecular weight is 276 g/mol. The van der Waals surface area contributed by atoms with Gasteiger partial charge in [-0.2, -0.15) is 0 Å². The Morgan fingerprint density at radius 1 is 1.15 bits per heavy atom. The van der Waals surface area contributed by atoms with E-state index in [0.717, 1.165) is 31.2 Å². The van der Waals surface area contributed by atoms with Crippen molar-refractivity contribution in [3.63, 3.8) is 0 Å². The van der Waals surface area contributed by atoms with Crippen molar-refractivity contribution in [2.45, 2.75) is 50.7 Å². The fraction of sp³-hybridized carbons (Fsp3) is 0.562. The zero-order valence-corrected chi connectivity index (χ0v) is 11.9. The summed E-state index contributed by atoms with van der Waals surface area (Å²) >= 11 is 0. The number of alkyl carbamates (subject to hydrolysis) is 1. The summed E-state index contributed by atoms with van der Waals surface area (Å²) in [6.07, 6.45) is 6.23. The molecule has 3 N–H and O–H groups in total. The summed E-state index contributed by atoms with van der Waals surface area (Å²) in [5.41, 5.74) is 6.61. The molecule has 0 heterocycles. The summed E-state index contributed by atoms with van der Waals surface area (Å²) in [4.78, 5) is 12.0. The first kappa shape index (κ1) is 14.9. The maximum atomic E-state index is 12.0. The number of amides is 1. The van der Waals surface area contributed by atoms with Crippen LogP contribution in [0.25, 0.3) is 0 Å². The van der Waals surface area contributed by atoms with Gasteiger partial charge >= 0.3 is 6.09 Å². The van der Waals surface area contributed by atoms with Gasteiger partial charge < -0.3 is 15.8 Å². The minimum atomic E-state index is -0.360. The van der Waals surface area contributed by atoms with E-state index in [0.29, 0.717) is 13.2 Å². The molecule has 20 heavy (non-hydrogen) atoms. The predicted octanol–water partition coefficient (Wildman–Crippen LogP) is 2.96. The second kappa shape index (κ2) is 7.29. The van der Waals surface area contributed by atoms with E-state index in [9.17, 15) is 4.79 Å². The smallest absolute Gasteiger partial charge is 0.407 e. The number of carbonyl (C=O) groups is 1. The largest absolute Gasteiger partial charge is 0.445 e. The summed E-state index contributed by atoms with van der Waals surface area (Å²) in [7, 11) is 0. The quantitative estimate of drug-likeness (QED) is 0.831. The average Bonchev–Trinajstić information content (AvgIpc) is 2.72. The Morgan fingerprint density at radius 2 is 1.80 bits per heavy atom. The Kier molecular flexibility index (Phi) is 5.41. The molecule has 1 aromatic carbocycles. The van der Waals surface area contributed by atoms with Crippen molar-refractivity contribution >= 4 is 6.09 Å². The van der Waals surface area contributed by atoms with Crippen LogP contribution in [0, 0.1) is 0 Å². The Morgan fingerprint density at radius 3 is 2.40 bits per heavy atom. The molecule has 4 heteroatoms. The first-order valence-corrected chi connectivity index (χ1v) is 7.43. The molecule has 0 aromatic heterocycles. The predicted molar refractivity (Wildman–Crippen MR) is 79.3 cm³/mol. The number of rotatable bonds is 4. The van der Waals surface area contributed by atoms with Crippen molar-refractivity contribution < 1.29 is 9.53 Å². The van der Waals surface area contributed by atoms with E-state index in [4.69, 9.17) is 10.5 Å². The number of benzene rings is 1. The third-order valence-corrected chi connectivity index (χ3v) is 4.03. The molecule has 0 atom stereocenters. The molecule has 1 aromatic rings. The van der Waals surface area contributed by atoms with Gasteiger partial charge in [-0.3, -0.25) is 0 Å². The molecule has 0 aliphatic heterocycles. The van der Waals surface area contributed by atoms with Gasteiger partial charge in [0.2, 0.25) is 0 Å². The van der Waals surface area contributed by atoms with Crippen LogP contribution in [0.3, 0.4) is 0 Å². The lowest BCUT2D eigenvalue weighted by molar-refractivity contribution is 0.123. The second-order valence-electron chi connectivity index (χ2n) is 5.59. The maximum absolute atomic E-state index is 12.0. The normalized spacial score (nSPS) is 18.1. The van der Waals surface area contributed by atoms with E-state index < -0.39 is 0 Å². The zero-order chi connectivity index (χ0) is 14.3. The van der Waals surface area contributed by atoms with Crippen LogP contribution < -0.4 is 11.1 Å². The molecule has 0 saturated heterocycles. The SMILES string of the molecule is NCC1(NC(=O)OCc2ccccc2)CCCCCC1. The highest BCUT2D eigenvalue weighted by Gasteiger charge is 2.31. The summed E-state index contributed by atoms with van der Waals surface area (Å²) in [6, 6.07) is 9.69. The Balaban J connectivity index is 1.85. The van der Waals surface area contributed by atoms with E-state index in [1.807, 2.05) is 30.3 Å². The minimum absolute atomic E-state index is 0.274. The molecule has 2 rings (SSSR count). The lowest BCUT2D eigenvalue weighted by atomic mass is 9.90. The summed E-state index contributed by atoms with van der Waals surface area (Å²) in [5, 5.41) is 3.01. The summed E-state index contributed by atoms with van der Waals surface area (Å²) in [6.45, 7) is 0.779. The molecular weight excluding hydrogens is 252 g/mol. The topological polar surface area (TPSA) is 64.3 Å². The molecule has 0 bridgehead atoms. The van der Waals surface area contributed by atoms with Crippen LogP contribution >= 0.6 is 0 Å². The van der Waals surface area contributed by atoms with Gasteiger partial charge in [-0.15, -0.1) is 0 Å². The van der Waals surface area contributed by atoms with Gasteiger partial charge in [-0.1, -0.05) is 56.0 Å². The highest BCUT2D eigenvalue weighted by Crippen LogP contribution is 2.26. The fourth-order valence-electron chi connectivity index (χ4n) is 2.76. The van der Waals surface area contributed by atoms with E-state index in [1.54, 1.807) is 0 Å². The second-order valence-corrected chi connectivity index (χ2v) is 5.59. The highest BCUT2D eigenvalue weighted by atomic mass is 16.5. The van der Waals surface area contributed by atoms with E-state index >= 15 is 0 Å². The van der Waals surface area contributed by atoms with Crippen LogP contribution in [0.5, 0.6) is 0 Å². The summed E-state index contributed by atoms with van der Waals surface area (Å²) < 4.78 is 5.29. The molecule has 0 unspecified atom stereocenters. The fourth-order valence-corrected chi connectivity index (χ4v) is 2.76. The monoisotopic (exact) mass is 276 g/mol. The van der Waals surface area contributed by atoms with Crippen molar-refractivity contribution in [3.05, 3.63) is 35.9 Å². The van der Waals surface area contributed by atoms with Gasteiger partial charge in [0.25, 0.3) is 0 Å². The number of nitrogens with two attached hydrogens (primary N) is 1. The Labute approximate surface area is 120 Å². The van der Waals surface area contributed by atoms with Crippen LogP contribution in [0.4, 0.5) is 4.79 Å². The van der Waals surface area contributed by atoms with Crippen LogP contribution in [0.15, 0.2) is 30.3 Å². The van der Waals surface area contributed by atoms with E-state index in [-0.39, 0.29) is 11.6 Å². The van der Waals surface area contributed by atoms with Gasteiger partial charge in [0.1, 0.15) is 6.61 Å². The third-order valence-electron chi connectivity index (χ3n) is 4.03. The van der Waals surface area contributed by atoms with Crippen molar-refractivity contribution in [1.82, 2.24) is 5.32 Å². The molecule has 4 nitrogen and oxygen atoms in total. The van der Waals surface area contributed by atoms with Gasteiger partial charge in [0.05, 0.1) is 5.54 Å². The summed E-state index contributed by atoms with van der Waals surface area (Å²) in [5.74, 6) is 0. The first-order chi connectivity index (χ1) is 9.74. The molecule has 1 fully saturated rings. The highest BCUT2D eigenvalue weighted by molar-refractivity contribution is 5.68. The molecule has 1 amide bonds. The van der Waals surface area contributed by atoms with Gasteiger partial charge in [0.15, 0.2) is 0 Å². The number of hydrogen-bond acceptors (Lipinski definition) is 3. The molecule has 0 spiro atoms. The lowest BCUT2D eigenvalue weighted by Gasteiger charge is -2.32. The van der Waals surface area contributed by atoms with Crippen molar-refractivity contribution in [3.8, 4) is 0 Å². The molecule has 1 saturated carbocycles. The zero-order valence-electron chi connectivity index (χ0n) is 11.9. The minimum Gasteiger partial charge on any atom is -0.445 e. The van der Waals surface area contributed by atoms with Crippen molar-refractivity contribution in [2.75, 3.05) is 6.54 Å². The van der Waals surface area contributed by atoms with Gasteiger partial charge in [-0.25, -0.2) is 4.79 Å². The molecule has 0 radical (unpaired) electrons. The van der Waals surface area contributed by atoms with Crippen LogP contribution in [0.2, 0.25) is 0 Å². The van der Waals surface area contributed by atoms with E-state index in [2.05, 4.69) is 5.32 Å². The maximum Gasteiger partial charge on any atom is 0.407 e. The standard InChI is InChI=1S/C16H24N2O2/c17-13-16(10-6-1-2-7-11-16)18-15(19)20-12-14-8-4-3-5-9-14/h3-5,8-9H,1-2,6-7,10-13,17H2,(H,18,19). The number of nitrogens with one attached hydrogen (secondary N) is 1. The molecule has 110 valence electrons.